The highest BCUT2D eigenvalue weighted by Crippen LogP contribution is 2.66. The maximum atomic E-state index is 12.8. The van der Waals surface area contributed by atoms with E-state index in [1.165, 1.54) is 30.6 Å². The Morgan fingerprint density at radius 3 is 2.08 bits per heavy atom. The molecule has 4 bridgehead atoms. The molecule has 5 aliphatic rings. The van der Waals surface area contributed by atoms with Crippen LogP contribution in [0.4, 0.5) is 0 Å². The molecule has 4 aliphatic carbocycles. The summed E-state index contributed by atoms with van der Waals surface area (Å²) in [6.45, 7) is 5.10. The number of nitriles is 2. The van der Waals surface area contributed by atoms with Crippen LogP contribution in [-0.2, 0) is 4.79 Å². The summed E-state index contributed by atoms with van der Waals surface area (Å²) in [6, 6.07) is 3.50. The van der Waals surface area contributed by atoms with Crippen LogP contribution in [0.2, 0.25) is 0 Å². The summed E-state index contributed by atoms with van der Waals surface area (Å²) in [5, 5.41) is 22.2. The first kappa shape index (κ1) is 16.9. The molecule has 0 radical (unpaired) electrons. The van der Waals surface area contributed by atoms with E-state index in [2.05, 4.69) is 31.3 Å². The number of nitrogens with one attached hydrogen (secondary N) is 1. The summed E-state index contributed by atoms with van der Waals surface area (Å²) in [7, 11) is 0. The summed E-state index contributed by atoms with van der Waals surface area (Å²) >= 11 is 0. The molecule has 5 fully saturated rings. The van der Waals surface area contributed by atoms with Crippen LogP contribution < -0.4 is 5.32 Å². The fourth-order valence-electron chi connectivity index (χ4n) is 7.41. The van der Waals surface area contributed by atoms with Gasteiger partial charge in [0, 0.05) is 5.54 Å². The third kappa shape index (κ3) is 2.74. The van der Waals surface area contributed by atoms with E-state index in [0.717, 1.165) is 18.8 Å². The van der Waals surface area contributed by atoms with Gasteiger partial charge >= 0.3 is 0 Å². The maximum absolute atomic E-state index is 12.8. The number of rotatable bonds is 3. The van der Waals surface area contributed by atoms with Crippen molar-refractivity contribution in [1.82, 2.24) is 10.2 Å². The van der Waals surface area contributed by atoms with Gasteiger partial charge in [-0.05, 0) is 68.1 Å². The number of hydrogen-bond acceptors (Lipinski definition) is 4. The van der Waals surface area contributed by atoms with E-state index in [9.17, 15) is 15.3 Å². The molecular formula is C20H28N4O. The molecule has 4 saturated carbocycles. The third-order valence-electron chi connectivity index (χ3n) is 7.21. The number of carbonyl (C=O) groups is 1. The van der Waals surface area contributed by atoms with Gasteiger partial charge in [-0.15, -0.1) is 0 Å². The van der Waals surface area contributed by atoms with E-state index in [1.54, 1.807) is 0 Å². The molecule has 1 saturated heterocycles. The second kappa shape index (κ2) is 5.45. The molecule has 5 nitrogen and oxygen atoms in total. The van der Waals surface area contributed by atoms with Crippen molar-refractivity contribution in [2.24, 2.45) is 16.7 Å². The topological polar surface area (TPSA) is 79.9 Å². The lowest BCUT2D eigenvalue weighted by atomic mass is 9.43. The first-order valence-electron chi connectivity index (χ1n) is 9.65. The molecule has 0 aromatic rings. The molecule has 1 heterocycles. The first-order chi connectivity index (χ1) is 11.8. The monoisotopic (exact) mass is 340 g/mol. The zero-order valence-electron chi connectivity index (χ0n) is 15.3. The molecular weight excluding hydrogens is 312 g/mol. The Morgan fingerprint density at radius 1 is 1.04 bits per heavy atom. The van der Waals surface area contributed by atoms with E-state index in [4.69, 9.17) is 0 Å². The quantitative estimate of drug-likeness (QED) is 0.856. The van der Waals surface area contributed by atoms with Gasteiger partial charge in [0.2, 0.25) is 5.91 Å². The molecule has 1 amide bonds. The van der Waals surface area contributed by atoms with Gasteiger partial charge in [0.15, 0.2) is 0 Å². The van der Waals surface area contributed by atoms with Gasteiger partial charge in [-0.25, -0.2) is 0 Å². The van der Waals surface area contributed by atoms with Crippen molar-refractivity contribution in [3.8, 4) is 12.1 Å². The zero-order valence-corrected chi connectivity index (χ0v) is 15.3. The second-order valence-corrected chi connectivity index (χ2v) is 9.93. The first-order valence-corrected chi connectivity index (χ1v) is 9.65. The van der Waals surface area contributed by atoms with Crippen molar-refractivity contribution in [3.05, 3.63) is 0 Å². The average molecular weight is 340 g/mol. The lowest BCUT2D eigenvalue weighted by molar-refractivity contribution is -0.137. The number of likely N-dealkylation sites (tertiary alicyclic amines) is 1. The van der Waals surface area contributed by atoms with Crippen molar-refractivity contribution in [2.45, 2.75) is 82.8 Å². The lowest BCUT2D eigenvalue weighted by Gasteiger charge is -2.65. The molecule has 1 aliphatic heterocycles. The second-order valence-electron chi connectivity index (χ2n) is 9.93. The van der Waals surface area contributed by atoms with Crippen molar-refractivity contribution in [3.63, 3.8) is 0 Å². The average Bonchev–Trinajstić information content (AvgIpc) is 2.92. The summed E-state index contributed by atoms with van der Waals surface area (Å²) < 4.78 is 0. The van der Waals surface area contributed by atoms with Gasteiger partial charge in [-0.2, -0.15) is 10.5 Å². The molecule has 2 unspecified atom stereocenters. The molecule has 1 N–H and O–H groups in total. The van der Waals surface area contributed by atoms with Crippen LogP contribution in [0, 0.1) is 39.4 Å². The summed E-state index contributed by atoms with van der Waals surface area (Å²) in [4.78, 5) is 14.3. The van der Waals surface area contributed by atoms with E-state index < -0.39 is 12.1 Å². The number of hydrogen-bond donors (Lipinski definition) is 1. The Kier molecular flexibility index (Phi) is 3.68. The smallest absolute Gasteiger partial charge is 0.238 e. The van der Waals surface area contributed by atoms with E-state index >= 15 is 0 Å². The Labute approximate surface area is 150 Å². The molecule has 134 valence electrons. The highest BCUT2D eigenvalue weighted by molar-refractivity contribution is 5.80. The van der Waals surface area contributed by atoms with Crippen LogP contribution in [0.5, 0.6) is 0 Å². The number of amides is 1. The maximum Gasteiger partial charge on any atom is 0.238 e. The molecule has 0 aromatic heterocycles. The van der Waals surface area contributed by atoms with Crippen LogP contribution in [-0.4, -0.2) is 35.0 Å². The normalized spacial score (nSPS) is 47.5. The van der Waals surface area contributed by atoms with Gasteiger partial charge in [0.25, 0.3) is 0 Å². The van der Waals surface area contributed by atoms with Crippen LogP contribution in [0.25, 0.3) is 0 Å². The molecule has 0 aromatic carbocycles. The minimum atomic E-state index is -0.439. The predicted molar refractivity (Wildman–Crippen MR) is 93.0 cm³/mol. The molecule has 4 atom stereocenters. The van der Waals surface area contributed by atoms with E-state index in [0.29, 0.717) is 23.7 Å². The number of carbonyl (C=O) groups excluding carboxylic acids is 1. The largest absolute Gasteiger partial charge is 0.310 e. The Hall–Kier alpha value is -1.59. The van der Waals surface area contributed by atoms with Gasteiger partial charge in [-0.1, -0.05) is 13.8 Å². The van der Waals surface area contributed by atoms with Crippen molar-refractivity contribution < 1.29 is 4.79 Å². The van der Waals surface area contributed by atoms with E-state index in [1.807, 2.05) is 0 Å². The van der Waals surface area contributed by atoms with E-state index in [-0.39, 0.29) is 18.0 Å². The molecule has 0 spiro atoms. The highest BCUT2D eigenvalue weighted by Gasteiger charge is 2.60. The van der Waals surface area contributed by atoms with Crippen molar-refractivity contribution in [2.75, 3.05) is 6.54 Å². The third-order valence-corrected chi connectivity index (χ3v) is 7.21. The Morgan fingerprint density at radius 2 is 1.60 bits per heavy atom. The van der Waals surface area contributed by atoms with Crippen LogP contribution in [0.15, 0.2) is 0 Å². The highest BCUT2D eigenvalue weighted by atomic mass is 16.2. The van der Waals surface area contributed by atoms with Crippen molar-refractivity contribution in [1.29, 1.82) is 10.5 Å². The van der Waals surface area contributed by atoms with Gasteiger partial charge in [0.1, 0.15) is 12.1 Å². The Bertz CT molecular complexity index is 634. The lowest BCUT2D eigenvalue weighted by Crippen LogP contribution is -2.65. The van der Waals surface area contributed by atoms with Crippen molar-refractivity contribution >= 4 is 5.91 Å². The summed E-state index contributed by atoms with van der Waals surface area (Å²) in [5.41, 5.74) is 0.882. The standard InChI is InChI=1S/C20H28N4O/c1-18-5-14-6-19(2,11-18)13-20(7-14,12-18)23-10-17(25)24-15(8-21)3-4-16(24)9-22/h14-16,23H,3-7,10-13H2,1-2H3/t14?,15-,16+,18?,19?,20?. The van der Waals surface area contributed by atoms with Gasteiger partial charge < -0.3 is 10.2 Å². The van der Waals surface area contributed by atoms with Crippen LogP contribution in [0.1, 0.15) is 65.2 Å². The Balaban J connectivity index is 1.47. The summed E-state index contributed by atoms with van der Waals surface area (Å²) in [5.74, 6) is 0.695. The van der Waals surface area contributed by atoms with Gasteiger partial charge in [0.05, 0.1) is 18.7 Å². The fourth-order valence-corrected chi connectivity index (χ4v) is 7.41. The van der Waals surface area contributed by atoms with Gasteiger partial charge in [-0.3, -0.25) is 4.79 Å². The minimum Gasteiger partial charge on any atom is -0.310 e. The summed E-state index contributed by atoms with van der Waals surface area (Å²) in [6.07, 6.45) is 8.69. The fraction of sp³-hybridized carbons (Fsp3) is 0.850. The number of nitrogens with zero attached hydrogens (tertiary/aromatic N) is 3. The van der Waals surface area contributed by atoms with Crippen LogP contribution >= 0.6 is 0 Å². The molecule has 5 heteroatoms. The SMILES string of the molecule is CC12CC3CC(C)(C1)CC(NCC(=O)N1[C@H](C#N)CC[C@@H]1C#N)(C3)C2. The predicted octanol–water partition coefficient (Wildman–Crippen LogP) is 2.73. The zero-order chi connectivity index (χ0) is 17.9. The van der Waals surface area contributed by atoms with Crippen LogP contribution in [0.3, 0.4) is 0 Å². The molecule has 25 heavy (non-hydrogen) atoms. The molecule has 5 rings (SSSR count). The minimum absolute atomic E-state index is 0.0720.